The molecule has 1 aliphatic rings. The zero-order valence-electron chi connectivity index (χ0n) is 20.4. The van der Waals surface area contributed by atoms with E-state index in [1.165, 1.54) is 13.2 Å². The van der Waals surface area contributed by atoms with Crippen molar-refractivity contribution in [3.8, 4) is 5.75 Å². The van der Waals surface area contributed by atoms with Gasteiger partial charge in [-0.05, 0) is 37.6 Å². The van der Waals surface area contributed by atoms with Crippen LogP contribution in [-0.4, -0.2) is 75.2 Å². The third-order valence-electron chi connectivity index (χ3n) is 6.21. The number of piperidine rings is 1. The third kappa shape index (κ3) is 7.32. The SMILES string of the molecule is COc1cc(N)c(Cl)cc1C(=O)N[C@H]1CCN(CCCC(=O)N(C)c2ccccc2)C[C@H]1OC.O. The van der Waals surface area contributed by atoms with Gasteiger partial charge in [-0.2, -0.15) is 0 Å². The van der Waals surface area contributed by atoms with E-state index in [9.17, 15) is 9.59 Å². The van der Waals surface area contributed by atoms with Gasteiger partial charge in [0.2, 0.25) is 5.91 Å². The van der Waals surface area contributed by atoms with E-state index in [0.717, 1.165) is 31.6 Å². The van der Waals surface area contributed by atoms with Crippen molar-refractivity contribution in [3.05, 3.63) is 53.1 Å². The first-order valence-corrected chi connectivity index (χ1v) is 11.7. The molecule has 0 bridgehead atoms. The number of nitrogens with two attached hydrogens (primary N) is 1. The molecule has 0 radical (unpaired) electrons. The number of anilines is 2. The molecule has 0 aromatic heterocycles. The Balaban J connectivity index is 0.00000432. The maximum absolute atomic E-state index is 12.9. The van der Waals surface area contributed by atoms with Gasteiger partial charge < -0.3 is 35.8 Å². The Morgan fingerprint density at radius 3 is 2.60 bits per heavy atom. The molecular weight excluding hydrogens is 472 g/mol. The lowest BCUT2D eigenvalue weighted by molar-refractivity contribution is -0.118. The van der Waals surface area contributed by atoms with Crippen LogP contribution in [0.15, 0.2) is 42.5 Å². The van der Waals surface area contributed by atoms with Crippen LogP contribution in [0.5, 0.6) is 5.75 Å². The fourth-order valence-electron chi connectivity index (χ4n) is 4.17. The summed E-state index contributed by atoms with van der Waals surface area (Å²) in [6, 6.07) is 12.5. The molecule has 2 amide bonds. The van der Waals surface area contributed by atoms with E-state index in [2.05, 4.69) is 10.2 Å². The molecule has 35 heavy (non-hydrogen) atoms. The highest BCUT2D eigenvalue weighted by atomic mass is 35.5. The maximum atomic E-state index is 12.9. The van der Waals surface area contributed by atoms with E-state index in [0.29, 0.717) is 35.0 Å². The summed E-state index contributed by atoms with van der Waals surface area (Å²) in [5.74, 6) is 0.178. The van der Waals surface area contributed by atoms with Gasteiger partial charge >= 0.3 is 0 Å². The van der Waals surface area contributed by atoms with E-state index >= 15 is 0 Å². The number of hydrogen-bond acceptors (Lipinski definition) is 6. The summed E-state index contributed by atoms with van der Waals surface area (Å²) in [6.07, 6.45) is 1.78. The zero-order chi connectivity index (χ0) is 24.7. The number of hydrogen-bond donors (Lipinski definition) is 2. The molecule has 5 N–H and O–H groups in total. The fraction of sp³-hybridized carbons (Fsp3) is 0.440. The van der Waals surface area contributed by atoms with Crippen molar-refractivity contribution in [2.45, 2.75) is 31.4 Å². The summed E-state index contributed by atoms with van der Waals surface area (Å²) in [5.41, 5.74) is 7.40. The molecule has 192 valence electrons. The van der Waals surface area contributed by atoms with Crippen molar-refractivity contribution in [3.63, 3.8) is 0 Å². The summed E-state index contributed by atoms with van der Waals surface area (Å²) in [7, 11) is 4.93. The quantitative estimate of drug-likeness (QED) is 0.502. The topological polar surface area (TPSA) is 129 Å². The number of amides is 2. The van der Waals surface area contributed by atoms with Crippen molar-refractivity contribution in [1.29, 1.82) is 0 Å². The van der Waals surface area contributed by atoms with E-state index in [-0.39, 0.29) is 29.4 Å². The molecule has 2 aromatic rings. The average molecular weight is 507 g/mol. The van der Waals surface area contributed by atoms with Gasteiger partial charge in [-0.25, -0.2) is 0 Å². The summed E-state index contributed by atoms with van der Waals surface area (Å²) in [6.45, 7) is 2.26. The second-order valence-electron chi connectivity index (χ2n) is 8.41. The van der Waals surface area contributed by atoms with Gasteiger partial charge in [0.1, 0.15) is 5.75 Å². The minimum Gasteiger partial charge on any atom is -0.496 e. The fourth-order valence-corrected chi connectivity index (χ4v) is 4.33. The molecule has 0 saturated carbocycles. The second kappa shape index (κ2) is 13.3. The molecule has 0 unspecified atom stereocenters. The van der Waals surface area contributed by atoms with E-state index < -0.39 is 0 Å². The molecule has 2 atom stereocenters. The van der Waals surface area contributed by atoms with Crippen LogP contribution in [0.1, 0.15) is 29.6 Å². The molecule has 10 heteroatoms. The minimum atomic E-state index is -0.284. The van der Waals surface area contributed by atoms with Gasteiger partial charge in [-0.3, -0.25) is 9.59 Å². The molecule has 9 nitrogen and oxygen atoms in total. The number of benzene rings is 2. The van der Waals surface area contributed by atoms with Crippen LogP contribution in [-0.2, 0) is 9.53 Å². The number of likely N-dealkylation sites (tertiary alicyclic amines) is 1. The van der Waals surface area contributed by atoms with Crippen LogP contribution >= 0.6 is 11.6 Å². The zero-order valence-corrected chi connectivity index (χ0v) is 21.2. The van der Waals surface area contributed by atoms with Crippen molar-refractivity contribution >= 4 is 34.8 Å². The minimum absolute atomic E-state index is 0. The monoisotopic (exact) mass is 506 g/mol. The first-order chi connectivity index (χ1) is 16.3. The summed E-state index contributed by atoms with van der Waals surface area (Å²) >= 11 is 6.11. The van der Waals surface area contributed by atoms with Gasteiger partial charge in [-0.15, -0.1) is 0 Å². The lowest BCUT2D eigenvalue weighted by atomic mass is 10.0. The Hall–Kier alpha value is -2.85. The molecule has 3 rings (SSSR count). The molecule has 2 aromatic carbocycles. The van der Waals surface area contributed by atoms with Crippen LogP contribution in [0, 0.1) is 0 Å². The van der Waals surface area contributed by atoms with E-state index in [1.807, 2.05) is 30.3 Å². The van der Waals surface area contributed by atoms with Gasteiger partial charge in [0.25, 0.3) is 5.91 Å². The molecule has 0 aliphatic carbocycles. The number of nitrogens with one attached hydrogen (secondary N) is 1. The smallest absolute Gasteiger partial charge is 0.255 e. The Kier molecular flexibility index (Phi) is 10.8. The molecule has 1 fully saturated rings. The number of nitrogen functional groups attached to an aromatic ring is 1. The van der Waals surface area contributed by atoms with Crippen LogP contribution in [0.2, 0.25) is 5.02 Å². The van der Waals surface area contributed by atoms with Crippen LogP contribution in [0.4, 0.5) is 11.4 Å². The number of carbonyl (C=O) groups is 2. The highest BCUT2D eigenvalue weighted by Gasteiger charge is 2.31. The maximum Gasteiger partial charge on any atom is 0.255 e. The normalized spacial score (nSPS) is 17.8. The molecule has 1 aliphatic heterocycles. The lowest BCUT2D eigenvalue weighted by Gasteiger charge is -2.38. The first-order valence-electron chi connectivity index (χ1n) is 11.3. The Morgan fingerprint density at radius 1 is 1.23 bits per heavy atom. The molecule has 1 heterocycles. The number of carbonyl (C=O) groups excluding carboxylic acids is 2. The highest BCUT2D eigenvalue weighted by molar-refractivity contribution is 6.33. The van der Waals surface area contributed by atoms with Crippen LogP contribution in [0.3, 0.4) is 0 Å². The summed E-state index contributed by atoms with van der Waals surface area (Å²) < 4.78 is 11.0. The predicted molar refractivity (Wildman–Crippen MR) is 138 cm³/mol. The van der Waals surface area contributed by atoms with Gasteiger partial charge in [0.05, 0.1) is 35.5 Å². The predicted octanol–water partition coefficient (Wildman–Crippen LogP) is 2.37. The lowest BCUT2D eigenvalue weighted by Crippen LogP contribution is -2.55. The van der Waals surface area contributed by atoms with E-state index in [1.54, 1.807) is 25.1 Å². The number of halogens is 1. The van der Waals surface area contributed by atoms with E-state index in [4.69, 9.17) is 26.8 Å². The van der Waals surface area contributed by atoms with Crippen molar-refractivity contribution in [2.24, 2.45) is 0 Å². The van der Waals surface area contributed by atoms with Crippen molar-refractivity contribution in [2.75, 3.05) is 51.5 Å². The largest absolute Gasteiger partial charge is 0.496 e. The standard InChI is InChI=1S/C25H33ClN4O4.H2O/c1-29(17-8-5-4-6-9-17)24(31)10-7-12-30-13-11-21(23(16-30)34-3)28-25(32)18-14-19(26)20(27)15-22(18)33-2;/h4-6,8-9,14-15,21,23H,7,10-13,16,27H2,1-3H3,(H,28,32);1H2/t21-,23+;/m0./s1. The number of ether oxygens (including phenoxy) is 2. The molecule has 0 spiro atoms. The number of methoxy groups -OCH3 is 2. The van der Waals surface area contributed by atoms with Crippen molar-refractivity contribution in [1.82, 2.24) is 10.2 Å². The summed E-state index contributed by atoms with van der Waals surface area (Å²) in [5, 5.41) is 3.36. The first kappa shape index (κ1) is 28.4. The number of para-hydroxylation sites is 1. The number of nitrogens with zero attached hydrogens (tertiary/aromatic N) is 2. The van der Waals surface area contributed by atoms with Crippen LogP contribution in [0.25, 0.3) is 0 Å². The highest BCUT2D eigenvalue weighted by Crippen LogP contribution is 2.29. The number of rotatable bonds is 9. The van der Waals surface area contributed by atoms with Gasteiger partial charge in [0.15, 0.2) is 0 Å². The second-order valence-corrected chi connectivity index (χ2v) is 8.82. The summed E-state index contributed by atoms with van der Waals surface area (Å²) in [4.78, 5) is 29.4. The van der Waals surface area contributed by atoms with Crippen LogP contribution < -0.4 is 20.7 Å². The van der Waals surface area contributed by atoms with Gasteiger partial charge in [0, 0.05) is 45.4 Å². The van der Waals surface area contributed by atoms with Crippen molar-refractivity contribution < 1.29 is 24.5 Å². The molecular formula is C25H35ClN4O5. The van der Waals surface area contributed by atoms with Gasteiger partial charge in [-0.1, -0.05) is 29.8 Å². The average Bonchev–Trinajstić information content (AvgIpc) is 2.85. The Bertz CT molecular complexity index is 991. The third-order valence-corrected chi connectivity index (χ3v) is 6.54. The Labute approximate surface area is 211 Å². The molecule has 1 saturated heterocycles. The Morgan fingerprint density at radius 2 is 1.94 bits per heavy atom.